The van der Waals surface area contributed by atoms with Gasteiger partial charge in [0, 0.05) is 18.3 Å². The van der Waals surface area contributed by atoms with Crippen molar-refractivity contribution in [2.75, 3.05) is 0 Å². The fourth-order valence-corrected chi connectivity index (χ4v) is 2.18. The smallest absolute Gasteiger partial charge is 0.253 e. The molecule has 7 nitrogen and oxygen atoms in total. The number of halogens is 1. The summed E-state index contributed by atoms with van der Waals surface area (Å²) in [7, 11) is 0. The lowest BCUT2D eigenvalue weighted by Crippen LogP contribution is -2.30. The van der Waals surface area contributed by atoms with Gasteiger partial charge in [-0.1, -0.05) is 5.16 Å². The largest absolute Gasteiger partial charge is 0.473 e. The van der Waals surface area contributed by atoms with Crippen LogP contribution in [0.3, 0.4) is 0 Å². The third kappa shape index (κ3) is 4.21. The van der Waals surface area contributed by atoms with Crippen LogP contribution in [0.5, 0.6) is 5.88 Å². The summed E-state index contributed by atoms with van der Waals surface area (Å²) in [5.41, 5.74) is 2.05. The lowest BCUT2D eigenvalue weighted by molar-refractivity contribution is 0.0942. The topological polar surface area (TPSA) is 90.1 Å². The van der Waals surface area contributed by atoms with E-state index in [1.807, 2.05) is 13.8 Å². The average Bonchev–Trinajstić information content (AvgIpc) is 3.09. The Labute approximate surface area is 149 Å². The standard InChI is InChI=1S/C18H17FN4O3/c1-11(2)22-18(24)12-3-6-16(21-7-12)25-9-13-10-26-23-17(13)15-5-4-14(19)8-20-15/h3-8,10-11H,9H2,1-2H3,(H,22,24). The first-order valence-electron chi connectivity index (χ1n) is 7.98. The highest BCUT2D eigenvalue weighted by molar-refractivity contribution is 5.94. The van der Waals surface area contributed by atoms with Crippen molar-refractivity contribution in [3.63, 3.8) is 0 Å². The van der Waals surface area contributed by atoms with Crippen LogP contribution in [0.25, 0.3) is 11.4 Å². The molecule has 0 radical (unpaired) electrons. The van der Waals surface area contributed by atoms with E-state index in [0.717, 1.165) is 6.20 Å². The quantitative estimate of drug-likeness (QED) is 0.730. The number of aromatic nitrogens is 3. The minimum atomic E-state index is -0.430. The van der Waals surface area contributed by atoms with E-state index in [1.165, 1.54) is 24.6 Å². The Balaban J connectivity index is 1.66. The van der Waals surface area contributed by atoms with E-state index < -0.39 is 5.82 Å². The van der Waals surface area contributed by atoms with Crippen molar-refractivity contribution in [1.29, 1.82) is 0 Å². The van der Waals surface area contributed by atoms with Crippen LogP contribution in [0.4, 0.5) is 4.39 Å². The van der Waals surface area contributed by atoms with Gasteiger partial charge in [0.15, 0.2) is 0 Å². The Morgan fingerprint density at radius 1 is 1.23 bits per heavy atom. The molecule has 3 aromatic heterocycles. The zero-order chi connectivity index (χ0) is 18.5. The molecule has 0 saturated heterocycles. The highest BCUT2D eigenvalue weighted by Gasteiger charge is 2.13. The van der Waals surface area contributed by atoms with Gasteiger partial charge < -0.3 is 14.6 Å². The Morgan fingerprint density at radius 2 is 2.08 bits per heavy atom. The molecule has 3 rings (SSSR count). The molecule has 0 aliphatic heterocycles. The Hall–Kier alpha value is -3.29. The fraction of sp³-hybridized carbons (Fsp3) is 0.222. The van der Waals surface area contributed by atoms with Gasteiger partial charge in [-0.15, -0.1) is 0 Å². The van der Waals surface area contributed by atoms with Gasteiger partial charge in [-0.2, -0.15) is 0 Å². The second-order valence-corrected chi connectivity index (χ2v) is 5.85. The molecule has 3 heterocycles. The Bertz CT molecular complexity index is 876. The van der Waals surface area contributed by atoms with Crippen LogP contribution in [0, 0.1) is 5.82 Å². The zero-order valence-corrected chi connectivity index (χ0v) is 14.3. The van der Waals surface area contributed by atoms with Crippen LogP contribution in [0.2, 0.25) is 0 Å². The molecule has 26 heavy (non-hydrogen) atoms. The number of carbonyl (C=O) groups excluding carboxylic acids is 1. The Morgan fingerprint density at radius 3 is 2.73 bits per heavy atom. The molecule has 1 N–H and O–H groups in total. The van der Waals surface area contributed by atoms with Crippen LogP contribution in [-0.2, 0) is 6.61 Å². The first-order valence-corrected chi connectivity index (χ1v) is 7.98. The van der Waals surface area contributed by atoms with Crippen LogP contribution in [-0.4, -0.2) is 27.1 Å². The molecule has 0 fully saturated rings. The first-order chi connectivity index (χ1) is 12.5. The average molecular weight is 356 g/mol. The van der Waals surface area contributed by atoms with Gasteiger partial charge >= 0.3 is 0 Å². The summed E-state index contributed by atoms with van der Waals surface area (Å²) in [5, 5.41) is 6.67. The van der Waals surface area contributed by atoms with E-state index in [1.54, 1.807) is 12.1 Å². The fourth-order valence-electron chi connectivity index (χ4n) is 2.18. The first kappa shape index (κ1) is 17.5. The van der Waals surface area contributed by atoms with Crippen molar-refractivity contribution in [2.45, 2.75) is 26.5 Å². The highest BCUT2D eigenvalue weighted by Crippen LogP contribution is 2.21. The van der Waals surface area contributed by atoms with Gasteiger partial charge in [-0.3, -0.25) is 9.78 Å². The van der Waals surface area contributed by atoms with Crippen molar-refractivity contribution in [3.05, 3.63) is 59.9 Å². The minimum Gasteiger partial charge on any atom is -0.473 e. The van der Waals surface area contributed by atoms with Gasteiger partial charge in [0.2, 0.25) is 5.88 Å². The number of pyridine rings is 2. The molecule has 0 saturated carbocycles. The molecule has 0 bridgehead atoms. The van der Waals surface area contributed by atoms with Crippen molar-refractivity contribution in [1.82, 2.24) is 20.4 Å². The third-order valence-electron chi connectivity index (χ3n) is 3.41. The minimum absolute atomic E-state index is 0.0468. The van der Waals surface area contributed by atoms with Gasteiger partial charge in [0.1, 0.15) is 24.4 Å². The number of rotatable bonds is 6. The summed E-state index contributed by atoms with van der Waals surface area (Å²) < 4.78 is 23.6. The van der Waals surface area contributed by atoms with E-state index in [2.05, 4.69) is 20.4 Å². The molecule has 8 heteroatoms. The van der Waals surface area contributed by atoms with E-state index in [-0.39, 0.29) is 18.6 Å². The molecule has 0 aliphatic rings. The number of hydrogen-bond donors (Lipinski definition) is 1. The van der Waals surface area contributed by atoms with E-state index >= 15 is 0 Å². The number of hydrogen-bond acceptors (Lipinski definition) is 6. The molecule has 134 valence electrons. The number of amides is 1. The van der Waals surface area contributed by atoms with E-state index in [9.17, 15) is 9.18 Å². The molecule has 0 aliphatic carbocycles. The van der Waals surface area contributed by atoms with Crippen LogP contribution in [0.15, 0.2) is 47.4 Å². The molecular formula is C18H17FN4O3. The summed E-state index contributed by atoms with van der Waals surface area (Å²) in [6, 6.07) is 6.10. The zero-order valence-electron chi connectivity index (χ0n) is 14.3. The van der Waals surface area contributed by atoms with Crippen LogP contribution in [0.1, 0.15) is 29.8 Å². The monoisotopic (exact) mass is 356 g/mol. The molecule has 0 atom stereocenters. The van der Waals surface area contributed by atoms with Crippen molar-refractivity contribution >= 4 is 5.91 Å². The third-order valence-corrected chi connectivity index (χ3v) is 3.41. The summed E-state index contributed by atoms with van der Waals surface area (Å²) in [5.74, 6) is -0.270. The number of nitrogens with zero attached hydrogens (tertiary/aromatic N) is 3. The van der Waals surface area contributed by atoms with Crippen molar-refractivity contribution in [3.8, 4) is 17.3 Å². The number of ether oxygens (including phenoxy) is 1. The highest BCUT2D eigenvalue weighted by atomic mass is 19.1. The molecule has 0 spiro atoms. The van der Waals surface area contributed by atoms with Crippen molar-refractivity contribution < 1.29 is 18.4 Å². The predicted molar refractivity (Wildman–Crippen MR) is 90.9 cm³/mol. The molecule has 0 aromatic carbocycles. The Kier molecular flexibility index (Phi) is 5.21. The molecule has 3 aromatic rings. The SMILES string of the molecule is CC(C)NC(=O)c1ccc(OCc2conc2-c2ccc(F)cn2)nc1. The molecule has 0 unspecified atom stereocenters. The number of carbonyl (C=O) groups is 1. The second-order valence-electron chi connectivity index (χ2n) is 5.85. The molecular weight excluding hydrogens is 339 g/mol. The van der Waals surface area contributed by atoms with Crippen LogP contribution < -0.4 is 10.1 Å². The van der Waals surface area contributed by atoms with Crippen LogP contribution >= 0.6 is 0 Å². The maximum Gasteiger partial charge on any atom is 0.253 e. The van der Waals surface area contributed by atoms with Crippen molar-refractivity contribution in [2.24, 2.45) is 0 Å². The summed E-state index contributed by atoms with van der Waals surface area (Å²) in [6.45, 7) is 3.91. The summed E-state index contributed by atoms with van der Waals surface area (Å²) in [6.07, 6.45) is 3.99. The second kappa shape index (κ2) is 7.73. The van der Waals surface area contributed by atoms with Gasteiger partial charge in [0.25, 0.3) is 5.91 Å². The lowest BCUT2D eigenvalue weighted by atomic mass is 10.2. The van der Waals surface area contributed by atoms with E-state index in [0.29, 0.717) is 28.4 Å². The lowest BCUT2D eigenvalue weighted by Gasteiger charge is -2.09. The van der Waals surface area contributed by atoms with Gasteiger partial charge in [-0.05, 0) is 32.0 Å². The maximum absolute atomic E-state index is 13.0. The molecule has 1 amide bonds. The van der Waals surface area contributed by atoms with E-state index in [4.69, 9.17) is 9.26 Å². The van der Waals surface area contributed by atoms with Gasteiger partial charge in [-0.25, -0.2) is 9.37 Å². The summed E-state index contributed by atoms with van der Waals surface area (Å²) in [4.78, 5) is 20.0. The summed E-state index contributed by atoms with van der Waals surface area (Å²) >= 11 is 0. The maximum atomic E-state index is 13.0. The number of nitrogens with one attached hydrogen (secondary N) is 1. The normalized spacial score (nSPS) is 10.8. The predicted octanol–water partition coefficient (Wildman–Crippen LogP) is 2.99. The van der Waals surface area contributed by atoms with Gasteiger partial charge in [0.05, 0.1) is 23.0 Å².